The summed E-state index contributed by atoms with van der Waals surface area (Å²) in [6.45, 7) is 13.0. The molecule has 44 heavy (non-hydrogen) atoms. The molecule has 0 aliphatic heterocycles. The summed E-state index contributed by atoms with van der Waals surface area (Å²) in [5.41, 5.74) is 10.8. The van der Waals surface area contributed by atoms with Gasteiger partial charge in [-0.1, -0.05) is 102 Å². The molecule has 2 heteroatoms. The fraction of sp³-hybridized carbons (Fsp3) is 0.238. The van der Waals surface area contributed by atoms with Gasteiger partial charge in [-0.2, -0.15) is 23.3 Å². The van der Waals surface area contributed by atoms with Gasteiger partial charge >= 0.3 is 101 Å². The number of allylic oxidation sites excluding steroid dienone is 8. The van der Waals surface area contributed by atoms with E-state index in [1.807, 2.05) is 0 Å². The third-order valence-corrected chi connectivity index (χ3v) is 22.5. The van der Waals surface area contributed by atoms with E-state index in [1.165, 1.54) is 65.8 Å². The second-order valence-electron chi connectivity index (χ2n) is 11.5. The van der Waals surface area contributed by atoms with Crippen LogP contribution in [0.4, 0.5) is 0 Å². The monoisotopic (exact) mass is 802 g/mol. The first-order valence-corrected chi connectivity index (χ1v) is 28.3. The summed E-state index contributed by atoms with van der Waals surface area (Å²) in [5, 5.41) is 0. The molecule has 2 unspecified atom stereocenters. The molecule has 0 amide bonds. The first-order valence-electron chi connectivity index (χ1n) is 15.8. The van der Waals surface area contributed by atoms with Crippen LogP contribution in [-0.4, -0.2) is 10.1 Å². The Bertz CT molecular complexity index is 1550. The topological polar surface area (TPSA) is 0 Å². The second kappa shape index (κ2) is 17.1. The summed E-state index contributed by atoms with van der Waals surface area (Å²) >= 11 is 1.33. The number of rotatable bonds is 6. The van der Waals surface area contributed by atoms with Gasteiger partial charge in [-0.15, -0.1) is 11.1 Å². The van der Waals surface area contributed by atoms with Gasteiger partial charge in [-0.3, -0.25) is 12.2 Å². The molecule has 220 valence electrons. The van der Waals surface area contributed by atoms with Gasteiger partial charge in [0, 0.05) is 0 Å². The fourth-order valence-electron chi connectivity index (χ4n) is 5.59. The summed E-state index contributed by atoms with van der Waals surface area (Å²) in [4.78, 5) is 0. The van der Waals surface area contributed by atoms with Gasteiger partial charge in [0.1, 0.15) is 0 Å². The van der Waals surface area contributed by atoms with Crippen molar-refractivity contribution >= 4 is 30.0 Å². The fourth-order valence-corrected chi connectivity index (χ4v) is 14.7. The Morgan fingerprint density at radius 2 is 0.955 bits per heavy atom. The van der Waals surface area contributed by atoms with Crippen LogP contribution in [0.1, 0.15) is 63.8 Å². The van der Waals surface area contributed by atoms with Crippen LogP contribution < -0.4 is 8.79 Å². The Morgan fingerprint density at radius 3 is 1.27 bits per heavy atom. The van der Waals surface area contributed by atoms with Crippen molar-refractivity contribution in [1.82, 2.24) is 0 Å². The Labute approximate surface area is 282 Å². The zero-order valence-corrected chi connectivity index (χ0v) is 32.8. The molecule has 0 nitrogen and oxygen atoms in total. The van der Waals surface area contributed by atoms with E-state index >= 15 is 0 Å². The van der Waals surface area contributed by atoms with Crippen LogP contribution in [-0.2, 0) is 34.1 Å². The zero-order chi connectivity index (χ0) is 31.5. The molecule has 4 aromatic carbocycles. The Balaban J connectivity index is 0.000000151. The molecule has 0 saturated carbocycles. The molecule has 0 saturated heterocycles. The summed E-state index contributed by atoms with van der Waals surface area (Å²) in [6, 6.07) is 39.6. The predicted octanol–water partition coefficient (Wildman–Crippen LogP) is 9.40. The summed E-state index contributed by atoms with van der Waals surface area (Å²) in [6.07, 6.45) is 13.6. The number of aryl methyl sites for hydroxylation is 2. The SMILES string of the molecule is CCc1cccc(C2=CC(C)[C-]=C2C)c1.CCc1cccc(C2=CC(C)[C-]=C2C)c1.[Hf+2]=[Ge]([c]1ccccc1)[c]1ccccc1. The Hall–Kier alpha value is -2.75. The summed E-state index contributed by atoms with van der Waals surface area (Å²) in [5.74, 6) is 0.926. The Morgan fingerprint density at radius 1 is 0.568 bits per heavy atom. The predicted molar refractivity (Wildman–Crippen MR) is 189 cm³/mol. The van der Waals surface area contributed by atoms with Gasteiger partial charge in [0.25, 0.3) is 0 Å². The van der Waals surface area contributed by atoms with Crippen molar-refractivity contribution in [3.05, 3.63) is 167 Å². The van der Waals surface area contributed by atoms with Crippen molar-refractivity contribution in [3.8, 4) is 0 Å². The van der Waals surface area contributed by atoms with Gasteiger partial charge in [-0.05, 0) is 24.0 Å². The molecule has 2 aliphatic carbocycles. The first-order chi connectivity index (χ1) is 21.3. The molecule has 0 heterocycles. The van der Waals surface area contributed by atoms with E-state index in [9.17, 15) is 0 Å². The zero-order valence-electron chi connectivity index (χ0n) is 27.1. The number of hydrogen-bond acceptors (Lipinski definition) is 0. The molecular weight excluding hydrogens is 756 g/mol. The average Bonchev–Trinajstić information content (AvgIpc) is 3.60. The summed E-state index contributed by atoms with van der Waals surface area (Å²) in [7, 11) is -1.06. The molecule has 0 fully saturated rings. The normalized spacial score (nSPS) is 16.8. The molecular formula is C42H44GeHf. The van der Waals surface area contributed by atoms with Crippen LogP contribution in [0, 0.1) is 24.0 Å². The van der Waals surface area contributed by atoms with E-state index in [1.54, 1.807) is 8.79 Å². The Kier molecular flexibility index (Phi) is 13.3. The van der Waals surface area contributed by atoms with E-state index in [0.717, 1.165) is 12.8 Å². The number of hydrogen-bond donors (Lipinski definition) is 0. The van der Waals surface area contributed by atoms with Gasteiger partial charge in [0.05, 0.1) is 0 Å². The van der Waals surface area contributed by atoms with Crippen LogP contribution in [0.2, 0.25) is 0 Å². The first kappa shape index (κ1) is 34.1. The average molecular weight is 800 g/mol. The molecule has 0 spiro atoms. The molecule has 6 rings (SSSR count). The minimum atomic E-state index is -1.06. The van der Waals surface area contributed by atoms with E-state index in [2.05, 4.69) is 175 Å². The van der Waals surface area contributed by atoms with E-state index < -0.39 is 10.1 Å². The quantitative estimate of drug-likeness (QED) is 0.135. The van der Waals surface area contributed by atoms with Crippen LogP contribution in [0.25, 0.3) is 11.1 Å². The molecule has 0 radical (unpaired) electrons. The van der Waals surface area contributed by atoms with Gasteiger partial charge in [0.2, 0.25) is 0 Å². The van der Waals surface area contributed by atoms with Crippen LogP contribution in [0.15, 0.2) is 132 Å². The van der Waals surface area contributed by atoms with Crippen LogP contribution in [0.5, 0.6) is 0 Å². The second-order valence-corrected chi connectivity index (χ2v) is 24.8. The van der Waals surface area contributed by atoms with Gasteiger partial charge in [-0.25, -0.2) is 11.1 Å². The van der Waals surface area contributed by atoms with Crippen molar-refractivity contribution < 1.29 is 21.3 Å². The molecule has 2 atom stereocenters. The maximum atomic E-state index is 3.43. The van der Waals surface area contributed by atoms with E-state index in [-0.39, 0.29) is 0 Å². The van der Waals surface area contributed by atoms with Crippen LogP contribution in [0.3, 0.4) is 0 Å². The van der Waals surface area contributed by atoms with Crippen LogP contribution >= 0.6 is 0 Å². The van der Waals surface area contributed by atoms with Gasteiger partial charge < -0.3 is 0 Å². The molecule has 0 bridgehead atoms. The third kappa shape index (κ3) is 9.62. The molecule has 0 N–H and O–H groups in total. The maximum absolute atomic E-state index is 3.43. The number of benzene rings is 4. The van der Waals surface area contributed by atoms with Gasteiger partial charge in [0.15, 0.2) is 0 Å². The standard InChI is InChI=1S/2C15H17.C12H10Ge.Hf/c2*1-4-13-6-5-7-14(10-13)15-9-11(2)8-12(15)3;1-3-7-11(8-4-1)13-12-9-5-2-6-10-12;/h2*5-7,9-11H,4H2,1-3H3;1-10H;/q2*-1;;+2. The van der Waals surface area contributed by atoms with E-state index in [0.29, 0.717) is 11.8 Å². The van der Waals surface area contributed by atoms with Crippen molar-refractivity contribution in [2.24, 2.45) is 11.8 Å². The third-order valence-electron chi connectivity index (χ3n) is 7.95. The molecule has 2 aliphatic rings. The molecule has 0 aromatic heterocycles. The molecule has 4 aromatic rings. The van der Waals surface area contributed by atoms with Crippen molar-refractivity contribution in [2.75, 3.05) is 0 Å². The van der Waals surface area contributed by atoms with Crippen molar-refractivity contribution in [3.63, 3.8) is 0 Å². The minimum absolute atomic E-state index is 0.463. The van der Waals surface area contributed by atoms with Crippen molar-refractivity contribution in [2.45, 2.75) is 54.4 Å². The van der Waals surface area contributed by atoms with E-state index in [4.69, 9.17) is 0 Å². The van der Waals surface area contributed by atoms with Crippen molar-refractivity contribution in [1.29, 1.82) is 0 Å². The summed E-state index contributed by atoms with van der Waals surface area (Å²) < 4.78 is 3.20.